The summed E-state index contributed by atoms with van der Waals surface area (Å²) in [5, 5.41) is 13.5. The topological polar surface area (TPSA) is 135 Å². The number of anilines is 1. The van der Waals surface area contributed by atoms with Gasteiger partial charge in [-0.3, -0.25) is 19.4 Å². The van der Waals surface area contributed by atoms with Crippen molar-refractivity contribution in [1.82, 2.24) is 24.5 Å². The molecule has 4 heterocycles. The number of piperazine rings is 1. The van der Waals surface area contributed by atoms with Crippen LogP contribution in [0.3, 0.4) is 0 Å². The number of esters is 1. The second-order valence-electron chi connectivity index (χ2n) is 15.6. The van der Waals surface area contributed by atoms with Crippen LogP contribution < -0.4 is 10.1 Å². The molecular weight excluding hydrogens is 725 g/mol. The molecule has 4 aliphatic heterocycles. The number of urea groups is 1. The quantitative estimate of drug-likeness (QED) is 0.214. The number of amides is 4. The Bertz CT molecular complexity index is 1840. The molecular formula is C44H58N6O7. The number of fused-ring (bicyclic) bond motifs is 1. The number of aromatic hydroxyl groups is 1. The predicted molar refractivity (Wildman–Crippen MR) is 218 cm³/mol. The van der Waals surface area contributed by atoms with Crippen LogP contribution in [0.15, 0.2) is 66.7 Å². The van der Waals surface area contributed by atoms with Crippen molar-refractivity contribution in [3.8, 4) is 11.5 Å². The molecule has 13 heteroatoms. The summed E-state index contributed by atoms with van der Waals surface area (Å²) in [7, 11) is 0. The van der Waals surface area contributed by atoms with Gasteiger partial charge in [0.05, 0.1) is 6.54 Å². The van der Waals surface area contributed by atoms with Crippen molar-refractivity contribution in [2.24, 2.45) is 0 Å². The summed E-state index contributed by atoms with van der Waals surface area (Å²) in [4.78, 5) is 63.5. The Morgan fingerprint density at radius 3 is 2.11 bits per heavy atom. The number of ether oxygens (including phenoxy) is 2. The van der Waals surface area contributed by atoms with Crippen LogP contribution >= 0.6 is 0 Å². The summed E-state index contributed by atoms with van der Waals surface area (Å²) in [6, 6.07) is 20.9. The van der Waals surface area contributed by atoms with Gasteiger partial charge in [0.15, 0.2) is 6.10 Å². The van der Waals surface area contributed by atoms with Crippen molar-refractivity contribution in [3.05, 3.63) is 89.0 Å². The first kappa shape index (κ1) is 41.5. The maximum Gasteiger partial charge on any atom is 0.410 e. The first-order valence-electron chi connectivity index (χ1n) is 20.0. The van der Waals surface area contributed by atoms with Gasteiger partial charge in [0, 0.05) is 83.1 Å². The number of rotatable bonds is 9. The lowest BCUT2D eigenvalue weighted by Crippen LogP contribution is -2.57. The molecule has 3 aromatic rings. The number of nitrogens with zero attached hydrogens (tertiary/aromatic N) is 5. The lowest BCUT2D eigenvalue weighted by molar-refractivity contribution is -0.143. The van der Waals surface area contributed by atoms with Gasteiger partial charge in [-0.15, -0.1) is 0 Å². The zero-order valence-electron chi connectivity index (χ0n) is 32.5. The Morgan fingerprint density at radius 1 is 0.789 bits per heavy atom. The summed E-state index contributed by atoms with van der Waals surface area (Å²) in [5.41, 5.74) is 4.17. The van der Waals surface area contributed by atoms with Crippen LogP contribution in [0.2, 0.25) is 0 Å². The highest BCUT2D eigenvalue weighted by molar-refractivity contribution is 5.91. The Kier molecular flexibility index (Phi) is 13.7. The summed E-state index contributed by atoms with van der Waals surface area (Å²) in [6.45, 7) is 9.43. The van der Waals surface area contributed by atoms with Crippen molar-refractivity contribution < 1.29 is 33.8 Å². The third kappa shape index (κ3) is 10.2. The van der Waals surface area contributed by atoms with Gasteiger partial charge in [0.25, 0.3) is 5.91 Å². The van der Waals surface area contributed by atoms with Gasteiger partial charge < -0.3 is 34.6 Å². The van der Waals surface area contributed by atoms with E-state index in [1.165, 1.54) is 0 Å². The van der Waals surface area contributed by atoms with Crippen LogP contribution in [0.4, 0.5) is 15.3 Å². The van der Waals surface area contributed by atoms with E-state index in [2.05, 4.69) is 15.1 Å². The molecule has 0 radical (unpaired) electrons. The van der Waals surface area contributed by atoms with E-state index in [9.17, 15) is 24.3 Å². The lowest BCUT2D eigenvalue weighted by atomic mass is 10.00. The molecule has 3 fully saturated rings. The van der Waals surface area contributed by atoms with Gasteiger partial charge in [0.1, 0.15) is 11.5 Å². The van der Waals surface area contributed by atoms with Crippen LogP contribution in [-0.4, -0.2) is 137 Å². The molecule has 0 bridgehead atoms. The maximum absolute atomic E-state index is 14.2. The number of likely N-dealkylation sites (tertiary alicyclic amines) is 2. The highest BCUT2D eigenvalue weighted by Crippen LogP contribution is 2.27. The minimum absolute atomic E-state index is 0. The molecule has 57 heavy (non-hydrogen) atoms. The van der Waals surface area contributed by atoms with Gasteiger partial charge in [-0.25, -0.2) is 9.59 Å². The number of piperidine rings is 2. The van der Waals surface area contributed by atoms with E-state index in [-0.39, 0.29) is 50.1 Å². The van der Waals surface area contributed by atoms with Crippen LogP contribution in [0, 0.1) is 13.8 Å². The molecule has 4 amide bonds. The average molecular weight is 783 g/mol. The zero-order chi connectivity index (χ0) is 39.2. The number of hydrogen-bond acceptors (Lipinski definition) is 9. The normalized spacial score (nSPS) is 19.1. The number of nitrogens with one attached hydrogen (secondary N) is 1. The number of phenolic OH excluding ortho intramolecular Hbond substituents is 1. The smallest absolute Gasteiger partial charge is 0.410 e. The molecule has 3 saturated heterocycles. The van der Waals surface area contributed by atoms with Crippen molar-refractivity contribution in [2.75, 3.05) is 70.8 Å². The van der Waals surface area contributed by atoms with Crippen LogP contribution in [-0.2, 0) is 27.2 Å². The van der Waals surface area contributed by atoms with Crippen LogP contribution in [0.5, 0.6) is 11.5 Å². The Balaban J connectivity index is 0.00000549. The van der Waals surface area contributed by atoms with E-state index < -0.39 is 12.2 Å². The Hall–Kier alpha value is -5.14. The van der Waals surface area contributed by atoms with Crippen molar-refractivity contribution in [1.29, 1.82) is 0 Å². The number of benzene rings is 3. The predicted octanol–water partition coefficient (Wildman–Crippen LogP) is 5.46. The van der Waals surface area contributed by atoms with E-state index in [0.29, 0.717) is 81.6 Å². The molecule has 0 unspecified atom stereocenters. The fourth-order valence-corrected chi connectivity index (χ4v) is 8.64. The van der Waals surface area contributed by atoms with Crippen molar-refractivity contribution in [3.63, 3.8) is 0 Å². The standard InChI is InChI=1S/C43H54N6O7.CH4/c1-30-26-32(27-31(2)40(30)51)28-38(56-43(54)48-19-15-35(16-20-48)49-21-12-33-8-6-7-11-37(33)44-42(49)53)41(52)47-24-22-46(23-25-47)34-13-17-45(18-14-34)29-39(50)55-36-9-4-3-5-10-36;/h3-11,26-27,34-35,38,51H,12-25,28-29H2,1-2H3,(H,44,53);1H4/t38-;/m1./s1. The number of phenols is 1. The highest BCUT2D eigenvalue weighted by atomic mass is 16.6. The Morgan fingerprint density at radius 2 is 1.42 bits per heavy atom. The fourth-order valence-electron chi connectivity index (χ4n) is 8.64. The number of hydrogen-bond donors (Lipinski definition) is 2. The van der Waals surface area contributed by atoms with Crippen LogP contribution in [0.25, 0.3) is 0 Å². The molecule has 0 aromatic heterocycles. The number of aryl methyl sites for hydroxylation is 2. The maximum atomic E-state index is 14.2. The van der Waals surface area contributed by atoms with Crippen molar-refractivity contribution in [2.45, 2.75) is 78.0 Å². The lowest BCUT2D eigenvalue weighted by Gasteiger charge is -2.43. The summed E-state index contributed by atoms with van der Waals surface area (Å²) >= 11 is 0. The first-order chi connectivity index (χ1) is 27.1. The number of para-hydroxylation sites is 2. The highest BCUT2D eigenvalue weighted by Gasteiger charge is 2.36. The van der Waals surface area contributed by atoms with Gasteiger partial charge in [-0.2, -0.15) is 0 Å². The van der Waals surface area contributed by atoms with Gasteiger partial charge in [-0.1, -0.05) is 56.0 Å². The second kappa shape index (κ2) is 18.9. The largest absolute Gasteiger partial charge is 0.507 e. The third-order valence-corrected chi connectivity index (χ3v) is 11.8. The second-order valence-corrected chi connectivity index (χ2v) is 15.6. The molecule has 4 aliphatic rings. The number of carbonyl (C=O) groups is 4. The third-order valence-electron chi connectivity index (χ3n) is 11.8. The molecule has 3 aromatic carbocycles. The molecule has 0 spiro atoms. The van der Waals surface area contributed by atoms with E-state index in [4.69, 9.17) is 9.47 Å². The zero-order valence-corrected chi connectivity index (χ0v) is 32.5. The minimum atomic E-state index is -1.02. The molecule has 2 N–H and O–H groups in total. The monoisotopic (exact) mass is 782 g/mol. The first-order valence-corrected chi connectivity index (χ1v) is 20.0. The summed E-state index contributed by atoms with van der Waals surface area (Å²) in [5.74, 6) is 0.293. The Labute approximate surface area is 336 Å². The van der Waals surface area contributed by atoms with Crippen molar-refractivity contribution >= 4 is 29.7 Å². The molecule has 7 rings (SSSR count). The molecule has 0 aliphatic carbocycles. The average Bonchev–Trinajstić information content (AvgIpc) is 3.38. The fraction of sp³-hybridized carbons (Fsp3) is 0.500. The summed E-state index contributed by atoms with van der Waals surface area (Å²) < 4.78 is 11.6. The van der Waals surface area contributed by atoms with Crippen LogP contribution in [0.1, 0.15) is 55.4 Å². The van der Waals surface area contributed by atoms with Gasteiger partial charge in [0.2, 0.25) is 0 Å². The van der Waals surface area contributed by atoms with Gasteiger partial charge in [-0.05, 0) is 86.4 Å². The van der Waals surface area contributed by atoms with E-state index >= 15 is 0 Å². The minimum Gasteiger partial charge on any atom is -0.507 e. The molecule has 13 nitrogen and oxygen atoms in total. The molecule has 306 valence electrons. The molecule has 0 saturated carbocycles. The summed E-state index contributed by atoms with van der Waals surface area (Å²) in [6.07, 6.45) is 2.50. The SMILES string of the molecule is C.Cc1cc(C[C@@H](OC(=O)N2CCC(N3CCc4ccccc4NC3=O)CC2)C(=O)N2CCN(C3CCN(CC(=O)Oc4ccccc4)CC3)CC2)cc(C)c1O. The number of carbonyl (C=O) groups excluding carboxylic acids is 4. The van der Waals surface area contributed by atoms with E-state index in [1.807, 2.05) is 78.2 Å². The van der Waals surface area contributed by atoms with E-state index in [1.54, 1.807) is 17.0 Å². The van der Waals surface area contributed by atoms with E-state index in [0.717, 1.165) is 49.2 Å². The van der Waals surface area contributed by atoms with Gasteiger partial charge >= 0.3 is 18.1 Å². The molecule has 1 atom stereocenters.